The fraction of sp³-hybridized carbons (Fsp3) is 0.0588. The molecule has 6 heteroatoms. The van der Waals surface area contributed by atoms with Crippen molar-refractivity contribution in [3.63, 3.8) is 0 Å². The lowest BCUT2D eigenvalue weighted by atomic mass is 10.1. The van der Waals surface area contributed by atoms with Crippen molar-refractivity contribution in [2.75, 3.05) is 0 Å². The molecular weight excluding hydrogens is 292 g/mol. The number of nitrogens with one attached hydrogen (secondary N) is 1. The van der Waals surface area contributed by atoms with Crippen LogP contribution >= 0.6 is 0 Å². The van der Waals surface area contributed by atoms with E-state index in [0.29, 0.717) is 22.2 Å². The minimum atomic E-state index is -0.167. The van der Waals surface area contributed by atoms with Crippen LogP contribution in [0.3, 0.4) is 0 Å². The van der Waals surface area contributed by atoms with Crippen molar-refractivity contribution in [3.8, 4) is 11.1 Å². The maximum atomic E-state index is 11.9. The van der Waals surface area contributed by atoms with Gasteiger partial charge in [-0.15, -0.1) is 0 Å². The number of Topliss-reactive ketones (excluding diaryl/α,β-unsaturated/α-hetero) is 1. The van der Waals surface area contributed by atoms with Crippen molar-refractivity contribution in [1.82, 2.24) is 19.4 Å². The Morgan fingerprint density at radius 2 is 1.96 bits per heavy atom. The van der Waals surface area contributed by atoms with Crippen molar-refractivity contribution in [2.24, 2.45) is 0 Å². The van der Waals surface area contributed by atoms with Gasteiger partial charge in [0.2, 0.25) is 0 Å². The van der Waals surface area contributed by atoms with Crippen LogP contribution in [-0.2, 0) is 0 Å². The highest BCUT2D eigenvalue weighted by Gasteiger charge is 2.08. The summed E-state index contributed by atoms with van der Waals surface area (Å²) in [5, 5.41) is 0.542. The summed E-state index contributed by atoms with van der Waals surface area (Å²) in [5.41, 5.74) is 3.45. The van der Waals surface area contributed by atoms with Gasteiger partial charge in [-0.1, -0.05) is 6.07 Å². The van der Waals surface area contributed by atoms with Gasteiger partial charge in [0.05, 0.1) is 17.2 Å². The largest absolute Gasteiger partial charge is 0.313 e. The molecular formula is C17H12N4O2. The predicted octanol–water partition coefficient (Wildman–Crippen LogP) is 2.44. The van der Waals surface area contributed by atoms with Crippen molar-refractivity contribution in [2.45, 2.75) is 6.92 Å². The first kappa shape index (κ1) is 13.4. The maximum absolute atomic E-state index is 11.9. The van der Waals surface area contributed by atoms with Crippen molar-refractivity contribution in [3.05, 3.63) is 65.1 Å². The van der Waals surface area contributed by atoms with Gasteiger partial charge >= 0.3 is 0 Å². The van der Waals surface area contributed by atoms with Crippen LogP contribution in [-0.4, -0.2) is 25.1 Å². The molecule has 0 aliphatic heterocycles. The van der Waals surface area contributed by atoms with E-state index in [4.69, 9.17) is 0 Å². The maximum Gasteiger partial charge on any atom is 0.258 e. The molecule has 112 valence electrons. The summed E-state index contributed by atoms with van der Waals surface area (Å²) in [5.74, 6) is -0.0708. The van der Waals surface area contributed by atoms with Gasteiger partial charge in [-0.25, -0.2) is 9.97 Å². The van der Waals surface area contributed by atoms with E-state index in [2.05, 4.69) is 15.0 Å². The van der Waals surface area contributed by atoms with E-state index in [-0.39, 0.29) is 11.3 Å². The van der Waals surface area contributed by atoms with Gasteiger partial charge in [0, 0.05) is 19.3 Å². The molecule has 0 fully saturated rings. The second-order valence-corrected chi connectivity index (χ2v) is 5.33. The van der Waals surface area contributed by atoms with E-state index in [1.54, 1.807) is 6.20 Å². The number of benzene rings is 1. The van der Waals surface area contributed by atoms with Crippen LogP contribution in [0.5, 0.6) is 0 Å². The third-order valence-electron chi connectivity index (χ3n) is 3.79. The Kier molecular flexibility index (Phi) is 2.84. The number of imidazole rings is 1. The molecule has 0 bridgehead atoms. The zero-order valence-corrected chi connectivity index (χ0v) is 12.3. The lowest BCUT2D eigenvalue weighted by Crippen LogP contribution is -2.06. The lowest BCUT2D eigenvalue weighted by Gasteiger charge is -2.04. The summed E-state index contributed by atoms with van der Waals surface area (Å²) < 4.78 is 1.81. The standard InChI is InChI=1S/C17H12N4O2/c1-10(22)15-8-21-7-12(3-5-16(21)20-15)11-2-4-14-13(6-11)17(23)19-9-18-14/h2-9H,1H3,(H,18,19,23). The fourth-order valence-corrected chi connectivity index (χ4v) is 2.58. The van der Waals surface area contributed by atoms with Gasteiger partial charge in [0.25, 0.3) is 5.56 Å². The lowest BCUT2D eigenvalue weighted by molar-refractivity contribution is 0.101. The number of nitrogens with zero attached hydrogens (tertiary/aromatic N) is 3. The highest BCUT2D eigenvalue weighted by atomic mass is 16.1. The number of aromatic nitrogens is 4. The van der Waals surface area contributed by atoms with E-state index < -0.39 is 0 Å². The molecule has 0 radical (unpaired) electrons. The molecule has 4 rings (SSSR count). The van der Waals surface area contributed by atoms with Crippen molar-refractivity contribution < 1.29 is 4.79 Å². The first-order chi connectivity index (χ1) is 11.1. The second kappa shape index (κ2) is 4.88. The highest BCUT2D eigenvalue weighted by molar-refractivity contribution is 5.92. The number of ketones is 1. The molecule has 3 heterocycles. The normalized spacial score (nSPS) is 11.2. The first-order valence-corrected chi connectivity index (χ1v) is 7.09. The Morgan fingerprint density at radius 3 is 2.78 bits per heavy atom. The van der Waals surface area contributed by atoms with E-state index in [1.165, 1.54) is 13.3 Å². The number of hydrogen-bond donors (Lipinski definition) is 1. The van der Waals surface area contributed by atoms with Gasteiger partial charge in [-0.05, 0) is 35.4 Å². The number of fused-ring (bicyclic) bond motifs is 2. The van der Waals surface area contributed by atoms with E-state index in [1.807, 2.05) is 40.9 Å². The third kappa shape index (κ3) is 2.20. The summed E-state index contributed by atoms with van der Waals surface area (Å²) >= 11 is 0. The molecule has 6 nitrogen and oxygen atoms in total. The van der Waals surface area contributed by atoms with Crippen LogP contribution in [0.2, 0.25) is 0 Å². The quantitative estimate of drug-likeness (QED) is 0.577. The molecule has 1 aromatic carbocycles. The zero-order chi connectivity index (χ0) is 16.0. The van der Waals surface area contributed by atoms with Gasteiger partial charge in [-0.2, -0.15) is 0 Å². The van der Waals surface area contributed by atoms with Gasteiger partial charge in [0.1, 0.15) is 11.3 Å². The fourth-order valence-electron chi connectivity index (χ4n) is 2.58. The molecule has 1 N–H and O–H groups in total. The number of carbonyl (C=O) groups excluding carboxylic acids is 1. The molecule has 23 heavy (non-hydrogen) atoms. The summed E-state index contributed by atoms with van der Waals surface area (Å²) in [6.45, 7) is 1.49. The van der Waals surface area contributed by atoms with Crippen molar-refractivity contribution in [1.29, 1.82) is 0 Å². The molecule has 4 aromatic rings. The van der Waals surface area contributed by atoms with Gasteiger partial charge in [-0.3, -0.25) is 9.59 Å². The van der Waals surface area contributed by atoms with Crippen LogP contribution in [0.15, 0.2) is 53.8 Å². The molecule has 0 saturated heterocycles. The predicted molar refractivity (Wildman–Crippen MR) is 86.6 cm³/mol. The summed E-state index contributed by atoms with van der Waals surface area (Å²) in [6.07, 6.45) is 4.99. The smallest absolute Gasteiger partial charge is 0.258 e. The Balaban J connectivity index is 1.89. The molecule has 0 spiro atoms. The Hall–Kier alpha value is -3.28. The molecule has 0 aliphatic rings. The monoisotopic (exact) mass is 304 g/mol. The summed E-state index contributed by atoms with van der Waals surface area (Å²) in [7, 11) is 0. The average molecular weight is 304 g/mol. The van der Waals surface area contributed by atoms with E-state index in [0.717, 1.165) is 11.1 Å². The summed E-state index contributed by atoms with van der Waals surface area (Å²) in [4.78, 5) is 34.3. The zero-order valence-electron chi connectivity index (χ0n) is 12.3. The Labute approximate surface area is 130 Å². The van der Waals surface area contributed by atoms with E-state index in [9.17, 15) is 9.59 Å². The number of H-pyrrole nitrogens is 1. The number of hydrogen-bond acceptors (Lipinski definition) is 4. The number of aromatic amines is 1. The number of rotatable bonds is 2. The number of pyridine rings is 1. The Morgan fingerprint density at radius 1 is 1.13 bits per heavy atom. The molecule has 0 saturated carbocycles. The van der Waals surface area contributed by atoms with Gasteiger partial charge in [0.15, 0.2) is 5.78 Å². The number of carbonyl (C=O) groups is 1. The van der Waals surface area contributed by atoms with Crippen LogP contribution in [0.4, 0.5) is 0 Å². The van der Waals surface area contributed by atoms with Crippen LogP contribution in [0, 0.1) is 0 Å². The second-order valence-electron chi connectivity index (χ2n) is 5.33. The van der Waals surface area contributed by atoms with Crippen LogP contribution in [0.1, 0.15) is 17.4 Å². The Bertz CT molecular complexity index is 1120. The topological polar surface area (TPSA) is 80.1 Å². The molecule has 0 aliphatic carbocycles. The average Bonchev–Trinajstić information content (AvgIpc) is 2.98. The molecule has 0 amide bonds. The highest BCUT2D eigenvalue weighted by Crippen LogP contribution is 2.22. The third-order valence-corrected chi connectivity index (χ3v) is 3.79. The van der Waals surface area contributed by atoms with Crippen LogP contribution < -0.4 is 5.56 Å². The summed E-state index contributed by atoms with van der Waals surface area (Å²) in [6, 6.07) is 9.31. The van der Waals surface area contributed by atoms with Gasteiger partial charge < -0.3 is 9.38 Å². The van der Waals surface area contributed by atoms with E-state index >= 15 is 0 Å². The minimum Gasteiger partial charge on any atom is -0.313 e. The molecule has 0 unspecified atom stereocenters. The molecule has 0 atom stereocenters. The minimum absolute atomic E-state index is 0.0708. The van der Waals surface area contributed by atoms with Crippen LogP contribution in [0.25, 0.3) is 27.7 Å². The molecule has 3 aromatic heterocycles. The SMILES string of the molecule is CC(=O)c1cn2cc(-c3ccc4nc[nH]c(=O)c4c3)ccc2n1. The van der Waals surface area contributed by atoms with Crippen molar-refractivity contribution >= 4 is 22.3 Å². The first-order valence-electron chi connectivity index (χ1n) is 7.09.